The Morgan fingerprint density at radius 2 is 1.36 bits per heavy atom. The van der Waals surface area contributed by atoms with E-state index in [9.17, 15) is 28.8 Å². The number of nitrogens with zero attached hydrogens (tertiary/aromatic N) is 4. The first-order valence-electron chi connectivity index (χ1n) is 15.3. The summed E-state index contributed by atoms with van der Waals surface area (Å²) in [5.41, 5.74) is -0.806. The second-order valence-electron chi connectivity index (χ2n) is 12.1. The summed E-state index contributed by atoms with van der Waals surface area (Å²) in [7, 11) is 0. The van der Waals surface area contributed by atoms with Gasteiger partial charge in [-0.05, 0) is 48.5 Å². The van der Waals surface area contributed by atoms with Crippen LogP contribution in [-0.4, -0.2) is 119 Å². The summed E-state index contributed by atoms with van der Waals surface area (Å²) in [4.78, 5) is 77.8. The van der Waals surface area contributed by atoms with Crippen LogP contribution in [-0.2, 0) is 52.5 Å². The number of ether oxygens (including phenoxy) is 6. The van der Waals surface area contributed by atoms with E-state index in [4.69, 9.17) is 28.4 Å². The molecule has 264 valence electrons. The van der Waals surface area contributed by atoms with Gasteiger partial charge in [0.2, 0.25) is 5.82 Å². The highest BCUT2D eigenvalue weighted by Crippen LogP contribution is 2.28. The first kappa shape index (κ1) is 39.3. The van der Waals surface area contributed by atoms with Gasteiger partial charge in [0, 0.05) is 51.4 Å². The van der Waals surface area contributed by atoms with Crippen LogP contribution in [0.4, 0.5) is 5.82 Å². The van der Waals surface area contributed by atoms with Gasteiger partial charge in [-0.25, -0.2) is 9.59 Å². The van der Waals surface area contributed by atoms with Crippen molar-refractivity contribution >= 4 is 53.1 Å². The average molecular weight is 687 g/mol. The number of amides is 1. The third-order valence-corrected chi connectivity index (χ3v) is 7.45. The molecule has 2 rings (SSSR count). The molecule has 0 aliphatic carbocycles. The summed E-state index contributed by atoms with van der Waals surface area (Å²) in [5, 5.41) is 0. The van der Waals surface area contributed by atoms with Crippen molar-refractivity contribution in [2.45, 2.75) is 98.7 Å². The van der Waals surface area contributed by atoms with Gasteiger partial charge in [-0.1, -0.05) is 0 Å². The smallest absolute Gasteiger partial charge is 0.347 e. The van der Waals surface area contributed by atoms with Gasteiger partial charge in [0.1, 0.15) is 0 Å². The van der Waals surface area contributed by atoms with Gasteiger partial charge in [-0.2, -0.15) is 4.37 Å². The van der Waals surface area contributed by atoms with Gasteiger partial charge in [-0.3, -0.25) is 19.2 Å². The van der Waals surface area contributed by atoms with Crippen molar-refractivity contribution in [3.8, 4) is 5.88 Å². The lowest BCUT2D eigenvalue weighted by Crippen LogP contribution is -2.53. The van der Waals surface area contributed by atoms with E-state index in [-0.39, 0.29) is 25.5 Å². The first-order chi connectivity index (χ1) is 21.9. The van der Waals surface area contributed by atoms with Crippen molar-refractivity contribution in [2.24, 2.45) is 5.92 Å². The Balaban J connectivity index is 2.27. The van der Waals surface area contributed by atoms with E-state index in [0.717, 1.165) is 25.6 Å². The molecule has 1 aliphatic rings. The summed E-state index contributed by atoms with van der Waals surface area (Å²) >= 11 is 0.970. The third kappa shape index (κ3) is 12.7. The minimum absolute atomic E-state index is 0.0234. The molecule has 1 fully saturated rings. The number of anilines is 1. The Hall–Kier alpha value is -3.86. The summed E-state index contributed by atoms with van der Waals surface area (Å²) in [6.45, 7) is 15.2. The standard InChI is InChI=1S/C30H46N4O12S/c1-17(45-28(39)19(3)43-21(5)35)24(37)14-23(16-42-26-25(31-47-32-26)33-10-12-41-13-11-33)15-34(30(7,8)9)27(38)18(2)46-29(40)20(4)44-22(6)36/h17-20,23H,10-16H2,1-9H3/t17-,18-,19-,20-,23-/m0/s1. The van der Waals surface area contributed by atoms with Gasteiger partial charge in [-0.15, -0.1) is 4.37 Å². The number of esters is 4. The first-order valence-corrected chi connectivity index (χ1v) is 16.0. The zero-order valence-electron chi connectivity index (χ0n) is 28.4. The van der Waals surface area contributed by atoms with Gasteiger partial charge in [0.15, 0.2) is 30.2 Å². The Labute approximate surface area is 278 Å². The van der Waals surface area contributed by atoms with Gasteiger partial charge >= 0.3 is 23.9 Å². The van der Waals surface area contributed by atoms with E-state index in [1.165, 1.54) is 32.6 Å². The lowest BCUT2D eigenvalue weighted by molar-refractivity contribution is -0.174. The van der Waals surface area contributed by atoms with Gasteiger partial charge in [0.25, 0.3) is 11.8 Å². The molecule has 0 spiro atoms. The molecular weight excluding hydrogens is 640 g/mol. The molecule has 0 aromatic carbocycles. The fourth-order valence-electron chi connectivity index (χ4n) is 4.48. The second kappa shape index (κ2) is 17.9. The number of carbonyl (C=O) groups is 6. The quantitative estimate of drug-likeness (QED) is 0.180. The van der Waals surface area contributed by atoms with E-state index in [1.807, 2.05) is 4.90 Å². The number of Topliss-reactive ketones (excluding diaryl/α,β-unsaturated/α-hetero) is 1. The molecule has 1 amide bonds. The van der Waals surface area contributed by atoms with Crippen LogP contribution in [0.3, 0.4) is 0 Å². The highest BCUT2D eigenvalue weighted by atomic mass is 32.1. The Kier molecular flexibility index (Phi) is 15.0. The molecule has 1 aliphatic heterocycles. The van der Waals surface area contributed by atoms with Crippen molar-refractivity contribution < 1.29 is 57.2 Å². The van der Waals surface area contributed by atoms with E-state index >= 15 is 0 Å². The summed E-state index contributed by atoms with van der Waals surface area (Å²) in [5.74, 6) is -4.01. The van der Waals surface area contributed by atoms with E-state index in [2.05, 4.69) is 8.75 Å². The molecule has 1 saturated heterocycles. The maximum Gasteiger partial charge on any atom is 0.347 e. The number of hydrogen-bond acceptors (Lipinski definition) is 16. The van der Waals surface area contributed by atoms with Crippen molar-refractivity contribution in [2.75, 3.05) is 44.4 Å². The minimum atomic E-state index is -1.25. The summed E-state index contributed by atoms with van der Waals surface area (Å²) < 4.78 is 40.4. The number of ketones is 1. The summed E-state index contributed by atoms with van der Waals surface area (Å²) in [6, 6.07) is 0. The minimum Gasteiger partial charge on any atom is -0.474 e. The number of hydrogen-bond donors (Lipinski definition) is 0. The molecule has 1 aromatic rings. The molecule has 0 N–H and O–H groups in total. The SMILES string of the molecule is CC(=O)O[C@@H](C)C(=O)O[C@@H](C)C(=O)C[C@H](COc1nsnc1N1CCOCC1)CN(C(=O)[C@H](C)OC(=O)[C@H](C)OC(C)=O)C(C)(C)C. The molecule has 1 aromatic heterocycles. The van der Waals surface area contributed by atoms with Crippen LogP contribution >= 0.6 is 11.7 Å². The predicted octanol–water partition coefficient (Wildman–Crippen LogP) is 1.72. The predicted molar refractivity (Wildman–Crippen MR) is 167 cm³/mol. The van der Waals surface area contributed by atoms with E-state index in [1.54, 1.807) is 20.8 Å². The molecule has 0 radical (unpaired) electrons. The Morgan fingerprint density at radius 3 is 1.87 bits per heavy atom. The Bertz CT molecular complexity index is 1260. The monoisotopic (exact) mass is 686 g/mol. The van der Waals surface area contributed by atoms with E-state index < -0.39 is 71.4 Å². The fraction of sp³-hybridized carbons (Fsp3) is 0.733. The lowest BCUT2D eigenvalue weighted by atomic mass is 9.96. The maximum absolute atomic E-state index is 13.7. The molecule has 0 saturated carbocycles. The zero-order valence-corrected chi connectivity index (χ0v) is 29.2. The van der Waals surface area contributed by atoms with Crippen LogP contribution in [0.2, 0.25) is 0 Å². The molecule has 2 heterocycles. The molecular formula is C30H46N4O12S. The van der Waals surface area contributed by atoms with Crippen LogP contribution in [0.1, 0.15) is 68.7 Å². The fourth-order valence-corrected chi connectivity index (χ4v) is 5.00. The highest BCUT2D eigenvalue weighted by molar-refractivity contribution is 6.99. The van der Waals surface area contributed by atoms with Crippen molar-refractivity contribution in [3.05, 3.63) is 0 Å². The molecule has 17 heteroatoms. The van der Waals surface area contributed by atoms with Crippen LogP contribution in [0, 0.1) is 5.92 Å². The molecule has 16 nitrogen and oxygen atoms in total. The van der Waals surface area contributed by atoms with Gasteiger partial charge in [0.05, 0.1) is 31.5 Å². The van der Waals surface area contributed by atoms with Crippen LogP contribution in [0.25, 0.3) is 0 Å². The van der Waals surface area contributed by atoms with Crippen molar-refractivity contribution in [1.82, 2.24) is 13.6 Å². The topological polar surface area (TPSA) is 190 Å². The van der Waals surface area contributed by atoms with Crippen molar-refractivity contribution in [1.29, 1.82) is 0 Å². The maximum atomic E-state index is 13.7. The number of morpholine rings is 1. The third-order valence-electron chi connectivity index (χ3n) is 6.95. The zero-order chi connectivity index (χ0) is 35.5. The molecule has 0 bridgehead atoms. The lowest BCUT2D eigenvalue weighted by Gasteiger charge is -2.39. The average Bonchev–Trinajstić information content (AvgIpc) is 3.45. The molecule has 5 atom stereocenters. The Morgan fingerprint density at radius 1 is 0.830 bits per heavy atom. The number of carbonyl (C=O) groups excluding carboxylic acids is 6. The number of rotatable bonds is 16. The highest BCUT2D eigenvalue weighted by Gasteiger charge is 2.36. The molecule has 47 heavy (non-hydrogen) atoms. The van der Waals surface area contributed by atoms with Gasteiger partial charge < -0.3 is 38.2 Å². The summed E-state index contributed by atoms with van der Waals surface area (Å²) in [6.07, 6.45) is -5.06. The largest absolute Gasteiger partial charge is 0.474 e. The normalized spacial score (nSPS) is 16.5. The van der Waals surface area contributed by atoms with E-state index in [0.29, 0.717) is 32.1 Å². The number of aromatic nitrogens is 2. The second-order valence-corrected chi connectivity index (χ2v) is 12.6. The van der Waals surface area contributed by atoms with Crippen LogP contribution in [0.15, 0.2) is 0 Å². The van der Waals surface area contributed by atoms with Crippen molar-refractivity contribution in [3.63, 3.8) is 0 Å². The molecule has 0 unspecified atom stereocenters. The van der Waals surface area contributed by atoms with Crippen LogP contribution < -0.4 is 9.64 Å². The van der Waals surface area contributed by atoms with Crippen LogP contribution in [0.5, 0.6) is 5.88 Å².